The van der Waals surface area contributed by atoms with Crippen LogP contribution in [0.5, 0.6) is 0 Å². The zero-order valence-electron chi connectivity index (χ0n) is 8.03. The van der Waals surface area contributed by atoms with Crippen molar-refractivity contribution < 1.29 is 0 Å². The summed E-state index contributed by atoms with van der Waals surface area (Å²) < 4.78 is 2.19. The highest BCUT2D eigenvalue weighted by molar-refractivity contribution is 5.50. The predicted molar refractivity (Wildman–Crippen MR) is 56.0 cm³/mol. The first-order chi connectivity index (χ1) is 6.40. The van der Waals surface area contributed by atoms with Gasteiger partial charge in [-0.2, -0.15) is 0 Å². The second-order valence-electron chi connectivity index (χ2n) is 3.48. The largest absolute Gasteiger partial charge is 0.324 e. The van der Waals surface area contributed by atoms with E-state index in [4.69, 9.17) is 0 Å². The molecule has 2 aromatic heterocycles. The molecule has 13 heavy (non-hydrogen) atoms. The number of fused-ring (bicyclic) bond motifs is 1. The molecule has 0 saturated carbocycles. The molecule has 0 radical (unpaired) electrons. The average molecular weight is 173 g/mol. The maximum absolute atomic E-state index is 2.27. The summed E-state index contributed by atoms with van der Waals surface area (Å²) >= 11 is 0. The van der Waals surface area contributed by atoms with Gasteiger partial charge < -0.3 is 4.40 Å². The zero-order chi connectivity index (χ0) is 9.10. The van der Waals surface area contributed by atoms with Crippen LogP contribution in [0.2, 0.25) is 0 Å². The van der Waals surface area contributed by atoms with E-state index >= 15 is 0 Å². The number of pyridine rings is 1. The molecule has 0 unspecified atom stereocenters. The highest BCUT2D eigenvalue weighted by Gasteiger charge is 1.96. The molecule has 2 rings (SSSR count). The van der Waals surface area contributed by atoms with E-state index in [1.807, 2.05) is 0 Å². The van der Waals surface area contributed by atoms with Crippen molar-refractivity contribution in [1.82, 2.24) is 4.40 Å². The SMILES string of the molecule is CCCCc1cc2ccccn2c1. The summed E-state index contributed by atoms with van der Waals surface area (Å²) in [5, 5.41) is 0. The molecule has 1 heteroatoms. The molecule has 0 atom stereocenters. The van der Waals surface area contributed by atoms with Crippen LogP contribution in [0.1, 0.15) is 25.3 Å². The standard InChI is InChI=1S/C12H15N/c1-2-3-6-11-9-12-7-4-5-8-13(12)10-11/h4-5,7-10H,2-3,6H2,1H3. The van der Waals surface area contributed by atoms with E-state index < -0.39 is 0 Å². The van der Waals surface area contributed by atoms with Gasteiger partial charge in [0.25, 0.3) is 0 Å². The van der Waals surface area contributed by atoms with Gasteiger partial charge in [0.1, 0.15) is 0 Å². The fraction of sp³-hybridized carbons (Fsp3) is 0.333. The molecule has 0 aliphatic rings. The van der Waals surface area contributed by atoms with E-state index in [2.05, 4.69) is 48.0 Å². The summed E-state index contributed by atoms with van der Waals surface area (Å²) in [7, 11) is 0. The van der Waals surface area contributed by atoms with Gasteiger partial charge in [-0.3, -0.25) is 0 Å². The second-order valence-corrected chi connectivity index (χ2v) is 3.48. The van der Waals surface area contributed by atoms with Crippen molar-refractivity contribution in [3.8, 4) is 0 Å². The molecule has 0 aromatic carbocycles. The lowest BCUT2D eigenvalue weighted by molar-refractivity contribution is 0.795. The first-order valence-electron chi connectivity index (χ1n) is 4.96. The van der Waals surface area contributed by atoms with Crippen molar-refractivity contribution in [3.05, 3.63) is 42.2 Å². The van der Waals surface area contributed by atoms with E-state index in [0.29, 0.717) is 0 Å². The third-order valence-electron chi connectivity index (χ3n) is 2.38. The first-order valence-corrected chi connectivity index (χ1v) is 4.96. The molecule has 0 spiro atoms. The van der Waals surface area contributed by atoms with Crippen LogP contribution in [-0.2, 0) is 6.42 Å². The second kappa shape index (κ2) is 3.65. The van der Waals surface area contributed by atoms with Crippen molar-refractivity contribution in [1.29, 1.82) is 0 Å². The summed E-state index contributed by atoms with van der Waals surface area (Å²) in [6.45, 7) is 2.23. The molecule has 0 amide bonds. The van der Waals surface area contributed by atoms with Gasteiger partial charge in [0.15, 0.2) is 0 Å². The quantitative estimate of drug-likeness (QED) is 0.671. The minimum Gasteiger partial charge on any atom is -0.324 e. The van der Waals surface area contributed by atoms with Crippen LogP contribution in [0.25, 0.3) is 5.52 Å². The molecule has 68 valence electrons. The number of unbranched alkanes of at least 4 members (excludes halogenated alkanes) is 1. The van der Waals surface area contributed by atoms with Gasteiger partial charge in [0.05, 0.1) is 0 Å². The van der Waals surface area contributed by atoms with Crippen molar-refractivity contribution in [2.45, 2.75) is 26.2 Å². The van der Waals surface area contributed by atoms with E-state index in [1.165, 1.54) is 30.3 Å². The molecule has 0 N–H and O–H groups in total. The van der Waals surface area contributed by atoms with E-state index in [-0.39, 0.29) is 0 Å². The Kier molecular flexibility index (Phi) is 2.35. The number of rotatable bonds is 3. The maximum atomic E-state index is 2.27. The van der Waals surface area contributed by atoms with E-state index in [9.17, 15) is 0 Å². The van der Waals surface area contributed by atoms with Crippen LogP contribution in [0.15, 0.2) is 36.7 Å². The summed E-state index contributed by atoms with van der Waals surface area (Å²) in [4.78, 5) is 0. The van der Waals surface area contributed by atoms with Gasteiger partial charge in [-0.25, -0.2) is 0 Å². The Balaban J connectivity index is 2.28. The third-order valence-corrected chi connectivity index (χ3v) is 2.38. The predicted octanol–water partition coefficient (Wildman–Crippen LogP) is 3.28. The lowest BCUT2D eigenvalue weighted by Crippen LogP contribution is -1.80. The molecule has 0 bridgehead atoms. The minimum absolute atomic E-state index is 1.21. The minimum atomic E-state index is 1.21. The van der Waals surface area contributed by atoms with Gasteiger partial charge in [0.2, 0.25) is 0 Å². The lowest BCUT2D eigenvalue weighted by atomic mass is 10.1. The number of hydrogen-bond acceptors (Lipinski definition) is 0. The Bertz CT molecular complexity index is 354. The van der Waals surface area contributed by atoms with Crippen molar-refractivity contribution in [2.24, 2.45) is 0 Å². The first kappa shape index (κ1) is 8.36. The average Bonchev–Trinajstić information content (AvgIpc) is 2.57. The number of aryl methyl sites for hydroxylation is 1. The molecular weight excluding hydrogens is 158 g/mol. The number of nitrogens with zero attached hydrogens (tertiary/aromatic N) is 1. The van der Waals surface area contributed by atoms with Gasteiger partial charge in [-0.15, -0.1) is 0 Å². The normalized spacial score (nSPS) is 10.8. The van der Waals surface area contributed by atoms with Crippen LogP contribution >= 0.6 is 0 Å². The Morgan fingerprint density at radius 3 is 3.00 bits per heavy atom. The zero-order valence-corrected chi connectivity index (χ0v) is 8.03. The van der Waals surface area contributed by atoms with Crippen LogP contribution in [-0.4, -0.2) is 4.40 Å². The Morgan fingerprint density at radius 1 is 1.31 bits per heavy atom. The van der Waals surface area contributed by atoms with Gasteiger partial charge in [-0.1, -0.05) is 19.4 Å². The molecule has 2 aromatic rings. The molecule has 0 fully saturated rings. The van der Waals surface area contributed by atoms with Gasteiger partial charge in [0, 0.05) is 17.9 Å². The van der Waals surface area contributed by atoms with Crippen LogP contribution in [0.4, 0.5) is 0 Å². The lowest BCUT2D eigenvalue weighted by Gasteiger charge is -1.91. The summed E-state index contributed by atoms with van der Waals surface area (Å²) in [5.74, 6) is 0. The summed E-state index contributed by atoms with van der Waals surface area (Å²) in [6.07, 6.45) is 8.09. The van der Waals surface area contributed by atoms with Gasteiger partial charge >= 0.3 is 0 Å². The highest BCUT2D eigenvalue weighted by Crippen LogP contribution is 2.11. The topological polar surface area (TPSA) is 4.41 Å². The van der Waals surface area contributed by atoms with Crippen LogP contribution < -0.4 is 0 Å². The van der Waals surface area contributed by atoms with Gasteiger partial charge in [-0.05, 0) is 36.6 Å². The molecule has 1 nitrogen and oxygen atoms in total. The van der Waals surface area contributed by atoms with Crippen molar-refractivity contribution in [3.63, 3.8) is 0 Å². The molecular formula is C12H15N. The third kappa shape index (κ3) is 1.74. The number of hydrogen-bond donors (Lipinski definition) is 0. The van der Waals surface area contributed by atoms with Crippen LogP contribution in [0.3, 0.4) is 0 Å². The summed E-state index contributed by atoms with van der Waals surface area (Å²) in [5.41, 5.74) is 2.75. The molecule has 0 aliphatic carbocycles. The Labute approximate surface area is 79.0 Å². The van der Waals surface area contributed by atoms with E-state index in [1.54, 1.807) is 0 Å². The number of aromatic nitrogens is 1. The monoisotopic (exact) mass is 173 g/mol. The Morgan fingerprint density at radius 2 is 2.23 bits per heavy atom. The molecule has 2 heterocycles. The fourth-order valence-corrected chi connectivity index (χ4v) is 1.63. The van der Waals surface area contributed by atoms with Crippen LogP contribution in [0, 0.1) is 0 Å². The maximum Gasteiger partial charge on any atom is 0.0452 e. The van der Waals surface area contributed by atoms with Crippen molar-refractivity contribution in [2.75, 3.05) is 0 Å². The molecule has 0 aliphatic heterocycles. The fourth-order valence-electron chi connectivity index (χ4n) is 1.63. The molecule has 0 saturated heterocycles. The summed E-state index contributed by atoms with van der Waals surface area (Å²) in [6, 6.07) is 8.57. The smallest absolute Gasteiger partial charge is 0.0452 e. The van der Waals surface area contributed by atoms with Crippen molar-refractivity contribution >= 4 is 5.52 Å². The van der Waals surface area contributed by atoms with E-state index in [0.717, 1.165) is 0 Å². The highest BCUT2D eigenvalue weighted by atomic mass is 14.8. The Hall–Kier alpha value is -1.24.